The highest BCUT2D eigenvalue weighted by atomic mass is 29.2. The first kappa shape index (κ1) is 6.98. The van der Waals surface area contributed by atoms with E-state index in [-0.39, 0.29) is 0 Å². The third-order valence-corrected chi connectivity index (χ3v) is 8.43. The van der Waals surface area contributed by atoms with Gasteiger partial charge in [0.1, 0.15) is 0 Å². The van der Waals surface area contributed by atoms with Crippen LogP contribution >= 0.6 is 0 Å². The van der Waals surface area contributed by atoms with Gasteiger partial charge >= 0.3 is 0 Å². The van der Waals surface area contributed by atoms with Crippen LogP contribution in [0.4, 0.5) is 4.79 Å². The second kappa shape index (κ2) is 3.14. The number of hydrogen-bond acceptors (Lipinski definition) is 2. The molecule has 1 saturated heterocycles. The summed E-state index contributed by atoms with van der Waals surface area (Å²) in [6, 6.07) is 0.974. The smallest absolute Gasteiger partial charge is 0.265 e. The van der Waals surface area contributed by atoms with Gasteiger partial charge in [0.15, 0.2) is 17.6 Å². The van der Waals surface area contributed by atoms with E-state index in [1.807, 2.05) is 0 Å². The first-order valence-corrected chi connectivity index (χ1v) is 8.35. The molecule has 0 aromatic heterocycles. The van der Waals surface area contributed by atoms with Crippen molar-refractivity contribution in [1.29, 1.82) is 0 Å². The Morgan fingerprint density at radius 1 is 1.78 bits per heavy atom. The van der Waals surface area contributed by atoms with Crippen molar-refractivity contribution in [2.75, 3.05) is 6.61 Å². The van der Waals surface area contributed by atoms with Crippen LogP contribution in [0.1, 0.15) is 6.42 Å². The van der Waals surface area contributed by atoms with Gasteiger partial charge in [0.05, 0.1) is 0 Å². The zero-order valence-electron chi connectivity index (χ0n) is 5.17. The Bertz CT molecular complexity index is 110. The van der Waals surface area contributed by atoms with Gasteiger partial charge in [0.2, 0.25) is 0 Å². The number of hydrogen-bond donors (Lipinski definition) is 1. The fourth-order valence-electron chi connectivity index (χ4n) is 0.935. The molecule has 0 saturated carbocycles. The number of carboxylic acid groups (broad SMARTS) is 1. The Morgan fingerprint density at radius 2 is 2.56 bits per heavy atom. The Kier molecular flexibility index (Phi) is 2.43. The molecule has 52 valence electrons. The predicted molar refractivity (Wildman–Crippen MR) is 39.1 cm³/mol. The van der Waals surface area contributed by atoms with E-state index in [1.54, 1.807) is 0 Å². The monoisotopic (exact) mass is 162 g/mol. The summed E-state index contributed by atoms with van der Waals surface area (Å²) in [7, 11) is -1.95. The van der Waals surface area contributed by atoms with Gasteiger partial charge in [-0.05, 0) is 12.5 Å². The van der Waals surface area contributed by atoms with Gasteiger partial charge in [-0.3, -0.25) is 4.79 Å². The molecule has 0 bridgehead atoms. The standard InChI is InChI=1S/C4H10O3Si2/c5-4(6)9-3-1-2-7-8-9/h9H,1-3,8H2,(H,5,6). The van der Waals surface area contributed by atoms with Crippen LogP contribution in [0.25, 0.3) is 0 Å². The van der Waals surface area contributed by atoms with Crippen LogP contribution in [-0.4, -0.2) is 34.9 Å². The summed E-state index contributed by atoms with van der Waals surface area (Å²) in [5.41, 5.74) is -0.527. The zero-order valence-corrected chi connectivity index (χ0v) is 7.74. The van der Waals surface area contributed by atoms with Gasteiger partial charge < -0.3 is 9.53 Å². The summed E-state index contributed by atoms with van der Waals surface area (Å²) in [6.07, 6.45) is 0.982. The second-order valence-electron chi connectivity index (χ2n) is 2.25. The molecule has 1 aliphatic heterocycles. The molecule has 3 nitrogen and oxygen atoms in total. The van der Waals surface area contributed by atoms with Crippen molar-refractivity contribution in [3.8, 4) is 0 Å². The quantitative estimate of drug-likeness (QED) is 0.527. The molecule has 1 atom stereocenters. The molecule has 1 unspecified atom stereocenters. The summed E-state index contributed by atoms with van der Waals surface area (Å²) in [5.74, 6) is 0. The molecule has 0 spiro atoms. The highest BCUT2D eigenvalue weighted by Gasteiger charge is 2.23. The first-order chi connectivity index (χ1) is 4.30. The Hall–Kier alpha value is -0.136. The van der Waals surface area contributed by atoms with Crippen LogP contribution in [0.15, 0.2) is 0 Å². The molecule has 1 heterocycles. The minimum atomic E-state index is -1.37. The van der Waals surface area contributed by atoms with Crippen LogP contribution in [0.3, 0.4) is 0 Å². The molecule has 0 amide bonds. The highest BCUT2D eigenvalue weighted by Crippen LogP contribution is 2.04. The van der Waals surface area contributed by atoms with Crippen molar-refractivity contribution in [2.45, 2.75) is 12.5 Å². The van der Waals surface area contributed by atoms with E-state index in [4.69, 9.17) is 9.53 Å². The van der Waals surface area contributed by atoms with Crippen molar-refractivity contribution < 1.29 is 14.3 Å². The Morgan fingerprint density at radius 3 is 2.89 bits per heavy atom. The maximum atomic E-state index is 10.4. The fraction of sp³-hybridized carbons (Fsp3) is 0.750. The maximum absolute atomic E-state index is 10.4. The van der Waals surface area contributed by atoms with Gasteiger partial charge in [-0.1, -0.05) is 0 Å². The number of rotatable bonds is 1. The van der Waals surface area contributed by atoms with Crippen LogP contribution in [0, 0.1) is 0 Å². The molecule has 0 aliphatic carbocycles. The molecule has 0 aromatic rings. The molecule has 0 radical (unpaired) electrons. The van der Waals surface area contributed by atoms with E-state index in [0.717, 1.165) is 19.1 Å². The van der Waals surface area contributed by atoms with E-state index < -0.39 is 23.2 Å². The van der Waals surface area contributed by atoms with Crippen LogP contribution < -0.4 is 0 Å². The largest absolute Gasteiger partial charge is 0.486 e. The first-order valence-electron chi connectivity index (χ1n) is 3.11. The third kappa shape index (κ3) is 1.92. The van der Waals surface area contributed by atoms with Crippen molar-refractivity contribution >= 4 is 23.2 Å². The van der Waals surface area contributed by atoms with Gasteiger partial charge in [0, 0.05) is 6.61 Å². The summed E-state index contributed by atoms with van der Waals surface area (Å²) < 4.78 is 5.16. The van der Waals surface area contributed by atoms with Crippen LogP contribution in [-0.2, 0) is 4.43 Å². The molecule has 9 heavy (non-hydrogen) atoms. The minimum Gasteiger partial charge on any atom is -0.486 e. The zero-order chi connectivity index (χ0) is 6.69. The lowest BCUT2D eigenvalue weighted by atomic mass is 10.5. The molecule has 1 fully saturated rings. The van der Waals surface area contributed by atoms with Crippen LogP contribution in [0.2, 0.25) is 6.04 Å². The highest BCUT2D eigenvalue weighted by molar-refractivity contribution is 7.24. The average molecular weight is 162 g/mol. The van der Waals surface area contributed by atoms with Gasteiger partial charge in [0.25, 0.3) is 5.59 Å². The normalized spacial score (nSPS) is 30.4. The Labute approximate surface area is 57.4 Å². The SMILES string of the molecule is O=C(O)[SiH]1CCCO[SiH2]1. The Balaban J connectivity index is 2.31. The van der Waals surface area contributed by atoms with Gasteiger partial charge in [-0.15, -0.1) is 0 Å². The van der Waals surface area contributed by atoms with E-state index in [2.05, 4.69) is 0 Å². The van der Waals surface area contributed by atoms with Gasteiger partial charge in [-0.25, -0.2) is 0 Å². The minimum absolute atomic E-state index is 0.527. The lowest BCUT2D eigenvalue weighted by molar-refractivity contribution is 0.218. The van der Waals surface area contributed by atoms with Crippen molar-refractivity contribution in [3.05, 3.63) is 0 Å². The van der Waals surface area contributed by atoms with E-state index in [0.29, 0.717) is 0 Å². The maximum Gasteiger partial charge on any atom is 0.265 e. The lowest BCUT2D eigenvalue weighted by Crippen LogP contribution is -2.37. The average Bonchev–Trinajstić information content (AvgIpc) is 1.90. The summed E-state index contributed by atoms with van der Waals surface area (Å²) >= 11 is 0. The third-order valence-electron chi connectivity index (χ3n) is 1.51. The van der Waals surface area contributed by atoms with Crippen molar-refractivity contribution in [2.24, 2.45) is 0 Å². The lowest BCUT2D eigenvalue weighted by Gasteiger charge is -2.15. The second-order valence-corrected chi connectivity index (χ2v) is 9.42. The van der Waals surface area contributed by atoms with Crippen molar-refractivity contribution in [1.82, 2.24) is 0 Å². The fourth-order valence-corrected chi connectivity index (χ4v) is 5.95. The van der Waals surface area contributed by atoms with E-state index >= 15 is 0 Å². The number of carbonyl (C=O) groups is 1. The van der Waals surface area contributed by atoms with Crippen LogP contribution in [0.5, 0.6) is 0 Å². The van der Waals surface area contributed by atoms with E-state index in [9.17, 15) is 4.79 Å². The molecule has 5 heteroatoms. The molecular formula is C4H10O3Si2. The summed E-state index contributed by atoms with van der Waals surface area (Å²) in [6.45, 7) is 0.822. The molecular weight excluding hydrogens is 152 g/mol. The van der Waals surface area contributed by atoms with Gasteiger partial charge in [-0.2, -0.15) is 0 Å². The molecule has 1 N–H and O–H groups in total. The summed E-state index contributed by atoms with van der Waals surface area (Å²) in [4.78, 5) is 10.4. The topological polar surface area (TPSA) is 46.5 Å². The summed E-state index contributed by atoms with van der Waals surface area (Å²) in [5, 5.41) is 8.55. The predicted octanol–water partition coefficient (Wildman–Crippen LogP) is -0.526. The molecule has 0 aromatic carbocycles. The molecule has 1 aliphatic rings. The van der Waals surface area contributed by atoms with Crippen molar-refractivity contribution in [3.63, 3.8) is 0 Å². The van der Waals surface area contributed by atoms with E-state index in [1.165, 1.54) is 0 Å². The molecule has 1 rings (SSSR count).